The van der Waals surface area contributed by atoms with Gasteiger partial charge < -0.3 is 5.32 Å². The number of pyridine rings is 1. The minimum atomic E-state index is -3.77. The Hall–Kier alpha value is -2.15. The van der Waals surface area contributed by atoms with Crippen LogP contribution in [0.1, 0.15) is 6.92 Å². The molecule has 21 heavy (non-hydrogen) atoms. The highest BCUT2D eigenvalue weighted by Crippen LogP contribution is 2.26. The average molecular weight is 309 g/mol. The lowest BCUT2D eigenvalue weighted by Crippen LogP contribution is -2.31. The van der Waals surface area contributed by atoms with Crippen molar-refractivity contribution in [2.75, 3.05) is 23.2 Å². The molecule has 0 radical (unpaired) electrons. The van der Waals surface area contributed by atoms with Crippen LogP contribution in [0.2, 0.25) is 0 Å². The average Bonchev–Trinajstić information content (AvgIpc) is 2.49. The second kappa shape index (κ2) is 6.09. The second-order valence-electron chi connectivity index (χ2n) is 4.25. The molecule has 1 heterocycles. The molecule has 0 unspecified atom stereocenters. The molecule has 0 aliphatic rings. The van der Waals surface area contributed by atoms with Crippen LogP contribution >= 0.6 is 0 Å². The summed E-state index contributed by atoms with van der Waals surface area (Å²) in [5.74, 6) is -0.137. The molecule has 0 amide bonds. The fourth-order valence-corrected chi connectivity index (χ4v) is 3.63. The molecule has 0 fully saturated rings. The number of rotatable bonds is 5. The van der Waals surface area contributed by atoms with Crippen molar-refractivity contribution in [3.05, 3.63) is 48.4 Å². The first-order chi connectivity index (χ1) is 10.0. The monoisotopic (exact) mass is 309 g/mol. The van der Waals surface area contributed by atoms with Gasteiger partial charge in [-0.05, 0) is 43.3 Å². The van der Waals surface area contributed by atoms with Crippen LogP contribution in [0.25, 0.3) is 0 Å². The highest BCUT2D eigenvalue weighted by molar-refractivity contribution is 7.93. The predicted molar refractivity (Wildman–Crippen MR) is 80.4 cm³/mol. The van der Waals surface area contributed by atoms with Crippen molar-refractivity contribution >= 4 is 21.5 Å². The van der Waals surface area contributed by atoms with E-state index in [1.165, 1.54) is 40.8 Å². The molecule has 1 aromatic heterocycles. The third kappa shape index (κ3) is 2.97. The Balaban J connectivity index is 2.52. The van der Waals surface area contributed by atoms with Crippen molar-refractivity contribution in [3.8, 4) is 0 Å². The van der Waals surface area contributed by atoms with E-state index in [4.69, 9.17) is 0 Å². The lowest BCUT2D eigenvalue weighted by atomic mass is 10.3. The quantitative estimate of drug-likeness (QED) is 0.921. The summed E-state index contributed by atoms with van der Waals surface area (Å²) < 4.78 is 39.8. The number of aromatic nitrogens is 1. The van der Waals surface area contributed by atoms with Gasteiger partial charge in [0.2, 0.25) is 0 Å². The Bertz CT molecular complexity index is 717. The van der Waals surface area contributed by atoms with E-state index in [1.807, 2.05) is 0 Å². The first-order valence-corrected chi connectivity index (χ1v) is 7.85. The van der Waals surface area contributed by atoms with E-state index < -0.39 is 15.8 Å². The normalized spacial score (nSPS) is 11.2. The predicted octanol–water partition coefficient (Wildman–Crippen LogP) is 2.48. The molecule has 0 aliphatic heterocycles. The summed E-state index contributed by atoms with van der Waals surface area (Å²) in [6.07, 6.45) is 1.51. The highest BCUT2D eigenvalue weighted by atomic mass is 32.2. The number of sulfonamides is 1. The number of hydrogen-bond donors (Lipinski definition) is 1. The van der Waals surface area contributed by atoms with Gasteiger partial charge in [-0.25, -0.2) is 17.8 Å². The number of nitrogens with one attached hydrogen (secondary N) is 1. The van der Waals surface area contributed by atoms with Crippen LogP contribution in [0.3, 0.4) is 0 Å². The van der Waals surface area contributed by atoms with Crippen molar-refractivity contribution in [1.29, 1.82) is 0 Å². The maximum Gasteiger partial charge on any atom is 0.267 e. The second-order valence-corrected chi connectivity index (χ2v) is 6.08. The van der Waals surface area contributed by atoms with E-state index in [0.717, 1.165) is 0 Å². The zero-order valence-electron chi connectivity index (χ0n) is 11.7. The van der Waals surface area contributed by atoms with Gasteiger partial charge in [-0.3, -0.25) is 4.31 Å². The van der Waals surface area contributed by atoms with Gasteiger partial charge in [-0.2, -0.15) is 0 Å². The minimum absolute atomic E-state index is 0.0821. The molecule has 0 aliphatic carbocycles. The Morgan fingerprint density at radius 2 is 1.90 bits per heavy atom. The molecule has 0 bridgehead atoms. The Kier molecular flexibility index (Phi) is 4.42. The SMILES string of the molecule is CCN(c1ccc(F)cc1)S(=O)(=O)c1cccnc1NC. The van der Waals surface area contributed by atoms with Crippen LogP contribution in [0.15, 0.2) is 47.5 Å². The third-order valence-corrected chi connectivity index (χ3v) is 4.91. The highest BCUT2D eigenvalue weighted by Gasteiger charge is 2.26. The molecule has 1 aromatic carbocycles. The van der Waals surface area contributed by atoms with Gasteiger partial charge in [0.25, 0.3) is 10.0 Å². The van der Waals surface area contributed by atoms with E-state index in [1.54, 1.807) is 20.0 Å². The molecular formula is C14H16FN3O2S. The molecule has 112 valence electrons. The van der Waals surface area contributed by atoms with Crippen LogP contribution in [0, 0.1) is 5.82 Å². The van der Waals surface area contributed by atoms with E-state index in [-0.39, 0.29) is 17.3 Å². The summed E-state index contributed by atoms with van der Waals surface area (Å²) in [6.45, 7) is 1.95. The minimum Gasteiger partial charge on any atom is -0.372 e. The summed E-state index contributed by atoms with van der Waals surface area (Å²) in [5, 5.41) is 2.76. The lowest BCUT2D eigenvalue weighted by Gasteiger charge is -2.23. The number of anilines is 2. The molecule has 0 atom stereocenters. The van der Waals surface area contributed by atoms with Gasteiger partial charge in [0.05, 0.1) is 5.69 Å². The zero-order valence-corrected chi connectivity index (χ0v) is 12.6. The third-order valence-electron chi connectivity index (χ3n) is 2.98. The molecule has 5 nitrogen and oxygen atoms in total. The summed E-state index contributed by atoms with van der Waals surface area (Å²) in [4.78, 5) is 4.09. The number of hydrogen-bond acceptors (Lipinski definition) is 4. The van der Waals surface area contributed by atoms with Crippen molar-refractivity contribution in [2.24, 2.45) is 0 Å². The van der Waals surface area contributed by atoms with E-state index >= 15 is 0 Å². The number of halogens is 1. The van der Waals surface area contributed by atoms with Crippen molar-refractivity contribution < 1.29 is 12.8 Å². The largest absolute Gasteiger partial charge is 0.372 e. The molecule has 1 N–H and O–H groups in total. The number of benzene rings is 1. The molecular weight excluding hydrogens is 293 g/mol. The Morgan fingerprint density at radius 3 is 2.48 bits per heavy atom. The first-order valence-electron chi connectivity index (χ1n) is 6.41. The van der Waals surface area contributed by atoms with Crippen molar-refractivity contribution in [2.45, 2.75) is 11.8 Å². The van der Waals surface area contributed by atoms with E-state index in [0.29, 0.717) is 5.69 Å². The fraction of sp³-hybridized carbons (Fsp3) is 0.214. The maximum absolute atomic E-state index is 13.0. The lowest BCUT2D eigenvalue weighted by molar-refractivity contribution is 0.591. The molecule has 0 spiro atoms. The van der Waals surface area contributed by atoms with Gasteiger partial charge in [0, 0.05) is 19.8 Å². The van der Waals surface area contributed by atoms with Gasteiger partial charge in [0.15, 0.2) is 0 Å². The summed E-state index contributed by atoms with van der Waals surface area (Å²) in [6, 6.07) is 8.38. The van der Waals surface area contributed by atoms with Gasteiger partial charge >= 0.3 is 0 Å². The van der Waals surface area contributed by atoms with E-state index in [2.05, 4.69) is 10.3 Å². The van der Waals surface area contributed by atoms with Crippen molar-refractivity contribution in [1.82, 2.24) is 4.98 Å². The maximum atomic E-state index is 13.0. The number of nitrogens with zero attached hydrogens (tertiary/aromatic N) is 2. The van der Waals surface area contributed by atoms with Crippen LogP contribution in [0.4, 0.5) is 15.9 Å². The van der Waals surface area contributed by atoms with Crippen LogP contribution in [-0.2, 0) is 10.0 Å². The van der Waals surface area contributed by atoms with Gasteiger partial charge in [-0.15, -0.1) is 0 Å². The van der Waals surface area contributed by atoms with Crippen molar-refractivity contribution in [3.63, 3.8) is 0 Å². The molecule has 0 saturated carbocycles. The molecule has 0 saturated heterocycles. The molecule has 2 aromatic rings. The summed E-state index contributed by atoms with van der Waals surface area (Å²) in [7, 11) is -2.17. The smallest absolute Gasteiger partial charge is 0.267 e. The topological polar surface area (TPSA) is 62.3 Å². The van der Waals surface area contributed by atoms with Gasteiger partial charge in [-0.1, -0.05) is 0 Å². The summed E-state index contributed by atoms with van der Waals surface area (Å²) in [5.41, 5.74) is 0.407. The molecule has 7 heteroatoms. The van der Waals surface area contributed by atoms with Gasteiger partial charge in [0.1, 0.15) is 16.5 Å². The fourth-order valence-electron chi connectivity index (χ4n) is 2.00. The standard InChI is InChI=1S/C14H16FN3O2S/c1-3-18(12-8-6-11(15)7-9-12)21(19,20)13-5-4-10-17-14(13)16-2/h4-10H,3H2,1-2H3,(H,16,17). The van der Waals surface area contributed by atoms with Crippen LogP contribution < -0.4 is 9.62 Å². The zero-order chi connectivity index (χ0) is 15.5. The Labute approximate surface area is 123 Å². The molecule has 2 rings (SSSR count). The van der Waals surface area contributed by atoms with Crippen LogP contribution in [-0.4, -0.2) is 27.0 Å². The first kappa shape index (κ1) is 15.2. The summed E-state index contributed by atoms with van der Waals surface area (Å²) >= 11 is 0. The van der Waals surface area contributed by atoms with E-state index in [9.17, 15) is 12.8 Å². The van der Waals surface area contributed by atoms with Crippen LogP contribution in [0.5, 0.6) is 0 Å². The Morgan fingerprint density at radius 1 is 1.24 bits per heavy atom.